The van der Waals surface area contributed by atoms with Crippen molar-refractivity contribution >= 4 is 15.7 Å². The van der Waals surface area contributed by atoms with Gasteiger partial charge in [0.15, 0.2) is 6.79 Å². The maximum absolute atomic E-state index is 11.7. The second-order valence-corrected chi connectivity index (χ2v) is 8.50. The van der Waals surface area contributed by atoms with E-state index in [0.29, 0.717) is 39.4 Å². The fourth-order valence-corrected chi connectivity index (χ4v) is 3.76. The van der Waals surface area contributed by atoms with Crippen LogP contribution in [0.5, 0.6) is 11.5 Å². The lowest BCUT2D eigenvalue weighted by Gasteiger charge is -2.21. The van der Waals surface area contributed by atoms with Gasteiger partial charge in [-0.25, -0.2) is 8.42 Å². The third kappa shape index (κ3) is 5.52. The monoisotopic (exact) mass is 444 g/mol. The van der Waals surface area contributed by atoms with Gasteiger partial charge in [0, 0.05) is 30.8 Å². The van der Waals surface area contributed by atoms with Gasteiger partial charge in [0.25, 0.3) is 0 Å². The number of anilines is 1. The van der Waals surface area contributed by atoms with E-state index in [1.165, 1.54) is 14.2 Å². The number of methoxy groups -OCH3 is 2. The van der Waals surface area contributed by atoms with Crippen LogP contribution in [0.2, 0.25) is 0 Å². The topological polar surface area (TPSA) is 107 Å². The van der Waals surface area contributed by atoms with E-state index in [1.54, 1.807) is 60.9 Å². The third-order valence-corrected chi connectivity index (χ3v) is 5.07. The Hall–Kier alpha value is -3.14. The summed E-state index contributed by atoms with van der Waals surface area (Å²) in [5.74, 6) is 1.02. The highest BCUT2D eigenvalue weighted by molar-refractivity contribution is 7.92. The molecule has 3 rings (SSSR count). The maximum Gasteiger partial charge on any atom is 0.229 e. The normalized spacial score (nSPS) is 12.3. The van der Waals surface area contributed by atoms with E-state index >= 15 is 0 Å². The number of hydrogen-bond acceptors (Lipinski definition) is 7. The van der Waals surface area contributed by atoms with Crippen molar-refractivity contribution in [2.75, 3.05) is 32.0 Å². The Bertz CT molecular complexity index is 1140. The Balaban J connectivity index is 2.23. The lowest BCUT2D eigenvalue weighted by Crippen LogP contribution is -2.11. The molecule has 2 aromatic carbocycles. The van der Waals surface area contributed by atoms with Crippen molar-refractivity contribution in [1.29, 1.82) is 0 Å². The summed E-state index contributed by atoms with van der Waals surface area (Å²) in [7, 11) is -0.450. The largest absolute Gasteiger partial charge is 0.496 e. The van der Waals surface area contributed by atoms with Crippen LogP contribution in [0, 0.1) is 0 Å². The van der Waals surface area contributed by atoms with Crippen molar-refractivity contribution in [3.05, 3.63) is 72.1 Å². The van der Waals surface area contributed by atoms with Crippen LogP contribution in [-0.2, 0) is 14.8 Å². The van der Waals surface area contributed by atoms with Crippen LogP contribution in [0.25, 0.3) is 11.1 Å². The highest BCUT2D eigenvalue weighted by Crippen LogP contribution is 2.43. The van der Waals surface area contributed by atoms with Crippen LogP contribution in [0.15, 0.2) is 60.9 Å². The molecule has 1 heterocycles. The van der Waals surface area contributed by atoms with Gasteiger partial charge in [-0.15, -0.1) is 0 Å². The highest BCUT2D eigenvalue weighted by Gasteiger charge is 2.22. The zero-order chi connectivity index (χ0) is 22.4. The molecule has 9 heteroatoms. The number of rotatable bonds is 9. The molecule has 0 bridgehead atoms. The van der Waals surface area contributed by atoms with Gasteiger partial charge in [0.05, 0.1) is 18.9 Å². The average Bonchev–Trinajstić information content (AvgIpc) is 2.76. The molecule has 0 aliphatic carbocycles. The first kappa shape index (κ1) is 22.5. The van der Waals surface area contributed by atoms with Crippen molar-refractivity contribution in [1.82, 2.24) is 4.98 Å². The molecule has 3 aromatic rings. The van der Waals surface area contributed by atoms with Crippen LogP contribution in [0.1, 0.15) is 17.2 Å². The van der Waals surface area contributed by atoms with Gasteiger partial charge in [-0.1, -0.05) is 18.2 Å². The molecule has 1 aromatic heterocycles. The lowest BCUT2D eigenvalue weighted by atomic mass is 9.92. The first-order chi connectivity index (χ1) is 14.8. The molecule has 31 heavy (non-hydrogen) atoms. The Morgan fingerprint density at radius 2 is 1.87 bits per heavy atom. The van der Waals surface area contributed by atoms with Crippen molar-refractivity contribution in [3.63, 3.8) is 0 Å². The molecule has 0 saturated carbocycles. The zero-order valence-electron chi connectivity index (χ0n) is 17.4. The van der Waals surface area contributed by atoms with E-state index in [9.17, 15) is 13.5 Å². The molecule has 1 unspecified atom stereocenters. The number of aromatic nitrogens is 1. The molecule has 0 aliphatic rings. The number of pyridine rings is 1. The number of ether oxygens (including phenoxy) is 3. The fourth-order valence-electron chi connectivity index (χ4n) is 3.20. The molecule has 164 valence electrons. The quantitative estimate of drug-likeness (QED) is 0.488. The minimum absolute atomic E-state index is 0.0222. The maximum atomic E-state index is 11.7. The van der Waals surface area contributed by atoms with Gasteiger partial charge in [-0.05, 0) is 41.5 Å². The van der Waals surface area contributed by atoms with Crippen LogP contribution >= 0.6 is 0 Å². The number of nitrogens with zero attached hydrogens (tertiary/aromatic N) is 1. The molecule has 8 nitrogen and oxygen atoms in total. The van der Waals surface area contributed by atoms with E-state index in [0.717, 1.165) is 6.26 Å². The summed E-state index contributed by atoms with van der Waals surface area (Å²) in [6.45, 7) is 0.0222. The molecule has 0 aliphatic heterocycles. The first-order valence-electron chi connectivity index (χ1n) is 9.33. The number of aliphatic hydroxyl groups excluding tert-OH is 1. The van der Waals surface area contributed by atoms with Gasteiger partial charge >= 0.3 is 0 Å². The predicted octanol–water partition coefficient (Wildman–Crippen LogP) is 3.19. The van der Waals surface area contributed by atoms with Crippen LogP contribution in [0.3, 0.4) is 0 Å². The first-order valence-corrected chi connectivity index (χ1v) is 11.2. The lowest BCUT2D eigenvalue weighted by molar-refractivity contribution is 0.0514. The predicted molar refractivity (Wildman–Crippen MR) is 118 cm³/mol. The molecule has 0 spiro atoms. The minimum Gasteiger partial charge on any atom is -0.496 e. The SMILES string of the molecule is COCOc1cccc(OC)c1-c1ccc(NS(C)(=O)=O)cc1C(O)c1cccnc1. The minimum atomic E-state index is -3.50. The molecule has 2 N–H and O–H groups in total. The highest BCUT2D eigenvalue weighted by atomic mass is 32.2. The van der Waals surface area contributed by atoms with E-state index < -0.39 is 16.1 Å². The number of sulfonamides is 1. The van der Waals surface area contributed by atoms with Crippen LogP contribution in [-0.4, -0.2) is 45.8 Å². The Labute approximate surface area is 181 Å². The molecule has 0 amide bonds. The second-order valence-electron chi connectivity index (χ2n) is 6.75. The Morgan fingerprint density at radius 3 is 2.52 bits per heavy atom. The average molecular weight is 445 g/mol. The van der Waals surface area contributed by atoms with Crippen molar-refractivity contribution in [3.8, 4) is 22.6 Å². The third-order valence-electron chi connectivity index (χ3n) is 4.46. The van der Waals surface area contributed by atoms with Crippen molar-refractivity contribution < 1.29 is 27.7 Å². The number of hydrogen-bond donors (Lipinski definition) is 2. The number of benzene rings is 2. The summed E-state index contributed by atoms with van der Waals surface area (Å²) in [5, 5.41) is 11.2. The van der Waals surface area contributed by atoms with E-state index in [4.69, 9.17) is 14.2 Å². The van der Waals surface area contributed by atoms with E-state index in [-0.39, 0.29) is 6.79 Å². The standard InChI is InChI=1S/C22H24N2O6S/c1-28-14-30-20-8-4-7-19(29-2)21(20)17-10-9-16(24-31(3,26)27)12-18(17)22(25)15-6-5-11-23-13-15/h4-13,22,24-25H,14H2,1-3H3. The van der Waals surface area contributed by atoms with Gasteiger partial charge < -0.3 is 19.3 Å². The molecule has 1 atom stereocenters. The summed E-state index contributed by atoms with van der Waals surface area (Å²) >= 11 is 0. The van der Waals surface area contributed by atoms with Gasteiger partial charge in [0.2, 0.25) is 10.0 Å². The Kier molecular flexibility index (Phi) is 7.11. The van der Waals surface area contributed by atoms with Crippen LogP contribution < -0.4 is 14.2 Å². The fraction of sp³-hybridized carbons (Fsp3) is 0.227. The van der Waals surface area contributed by atoms with Gasteiger partial charge in [-0.2, -0.15) is 0 Å². The molecule has 0 saturated heterocycles. The van der Waals surface area contributed by atoms with E-state index in [1.807, 2.05) is 0 Å². The summed E-state index contributed by atoms with van der Waals surface area (Å²) in [6, 6.07) is 13.7. The molecule has 0 radical (unpaired) electrons. The van der Waals surface area contributed by atoms with Gasteiger partial charge in [-0.3, -0.25) is 9.71 Å². The van der Waals surface area contributed by atoms with Crippen LogP contribution in [0.4, 0.5) is 5.69 Å². The van der Waals surface area contributed by atoms with E-state index in [2.05, 4.69) is 9.71 Å². The zero-order valence-corrected chi connectivity index (χ0v) is 18.2. The molecular weight excluding hydrogens is 420 g/mol. The summed E-state index contributed by atoms with van der Waals surface area (Å²) in [5.41, 5.74) is 2.53. The Morgan fingerprint density at radius 1 is 1.10 bits per heavy atom. The van der Waals surface area contributed by atoms with Crippen molar-refractivity contribution in [2.45, 2.75) is 6.10 Å². The number of aliphatic hydroxyl groups is 1. The summed E-state index contributed by atoms with van der Waals surface area (Å²) < 4.78 is 42.2. The summed E-state index contributed by atoms with van der Waals surface area (Å²) in [4.78, 5) is 4.07. The molecule has 0 fully saturated rings. The second kappa shape index (κ2) is 9.78. The smallest absolute Gasteiger partial charge is 0.229 e. The van der Waals surface area contributed by atoms with Crippen molar-refractivity contribution in [2.24, 2.45) is 0 Å². The van der Waals surface area contributed by atoms with Gasteiger partial charge in [0.1, 0.15) is 17.6 Å². The number of nitrogens with one attached hydrogen (secondary N) is 1. The molecular formula is C22H24N2O6S. The summed E-state index contributed by atoms with van der Waals surface area (Å²) in [6.07, 6.45) is 3.14.